The number of nitrogens with zero attached hydrogens (tertiary/aromatic N) is 1. The van der Waals surface area contributed by atoms with Crippen molar-refractivity contribution < 1.29 is 24.0 Å². The Morgan fingerprint density at radius 1 is 1.39 bits per heavy atom. The molecule has 1 rings (SSSR count). The van der Waals surface area contributed by atoms with Gasteiger partial charge in [-0.05, 0) is 43.4 Å². The highest BCUT2D eigenvalue weighted by atomic mass is 35.9. The van der Waals surface area contributed by atoms with E-state index in [-0.39, 0.29) is 12.6 Å². The number of halogens is 2. The van der Waals surface area contributed by atoms with Gasteiger partial charge in [-0.3, -0.25) is 9.46 Å². The van der Waals surface area contributed by atoms with Gasteiger partial charge in [-0.2, -0.15) is 0 Å². The molecule has 0 aromatic rings. The first kappa shape index (κ1) is 16.7. The normalized spacial score (nSPS) is 33.6. The van der Waals surface area contributed by atoms with E-state index in [0.29, 0.717) is 0 Å². The van der Waals surface area contributed by atoms with Crippen LogP contribution in [0.4, 0.5) is 0 Å². The Bertz CT molecular complexity index is 326. The van der Waals surface area contributed by atoms with Gasteiger partial charge in [-0.25, -0.2) is 0 Å². The van der Waals surface area contributed by atoms with Crippen LogP contribution in [-0.4, -0.2) is 59.3 Å². The minimum atomic E-state index is -3.67. The molecular weight excluding hydrogens is 304 g/mol. The first-order valence-corrected chi connectivity index (χ1v) is 8.94. The maximum atomic E-state index is 11.0. The van der Waals surface area contributed by atoms with E-state index in [9.17, 15) is 14.8 Å². The fraction of sp³-hybridized carbons (Fsp3) is 1.00. The molecule has 2 N–H and O–H groups in total. The molecule has 0 aromatic carbocycles. The second-order valence-electron chi connectivity index (χ2n) is 4.52. The van der Waals surface area contributed by atoms with Gasteiger partial charge in [0.2, 0.25) is 0 Å². The zero-order valence-electron chi connectivity index (χ0n) is 10.4. The largest absolute Gasteiger partial charge is 0.387 e. The maximum Gasteiger partial charge on any atom is 0.380 e. The maximum absolute atomic E-state index is 11.0. The van der Waals surface area contributed by atoms with E-state index in [1.165, 1.54) is 0 Å². The van der Waals surface area contributed by atoms with Gasteiger partial charge >= 0.3 is 6.07 Å². The van der Waals surface area contributed by atoms with Gasteiger partial charge in [-0.1, -0.05) is 0 Å². The van der Waals surface area contributed by atoms with Crippen LogP contribution >= 0.6 is 28.6 Å². The summed E-state index contributed by atoms with van der Waals surface area (Å²) in [6.07, 6.45) is -7.36. The third kappa shape index (κ3) is 4.32. The molecule has 0 spiro atoms. The summed E-state index contributed by atoms with van der Waals surface area (Å²) in [4.78, 5) is 1.77. The minimum Gasteiger partial charge on any atom is -0.387 e. The van der Waals surface area contributed by atoms with Crippen molar-refractivity contribution in [2.75, 3.05) is 13.7 Å². The highest BCUT2D eigenvalue weighted by Gasteiger charge is 2.45. The number of likely N-dealkylation sites (N-methyl/N-ethyl adjacent to an activating group) is 1. The van der Waals surface area contributed by atoms with E-state index in [1.807, 2.05) is 13.8 Å². The lowest BCUT2D eigenvalue weighted by Crippen LogP contribution is -2.45. The standard InChI is InChI=1S/C9H18Cl2NO5P/c1-5(2)12(3)9-8(14)7(13)6(17-9)4-16-18(10,11)15/h5-9,13-14H,4H2,1-3H3. The van der Waals surface area contributed by atoms with Gasteiger partial charge < -0.3 is 19.5 Å². The fourth-order valence-electron chi connectivity index (χ4n) is 1.66. The van der Waals surface area contributed by atoms with Crippen molar-refractivity contribution in [1.29, 1.82) is 0 Å². The average molecular weight is 322 g/mol. The topological polar surface area (TPSA) is 79.2 Å². The summed E-state index contributed by atoms with van der Waals surface area (Å²) in [7, 11) is 1.77. The Hall–Kier alpha value is 0.610. The summed E-state index contributed by atoms with van der Waals surface area (Å²) in [6, 6.07) is 0.128. The van der Waals surface area contributed by atoms with E-state index >= 15 is 0 Å². The minimum absolute atomic E-state index is 0.128. The van der Waals surface area contributed by atoms with Gasteiger partial charge in [0.25, 0.3) is 0 Å². The smallest absolute Gasteiger partial charge is 0.380 e. The van der Waals surface area contributed by atoms with Crippen LogP contribution in [0.2, 0.25) is 0 Å². The predicted octanol–water partition coefficient (Wildman–Crippen LogP) is 1.38. The van der Waals surface area contributed by atoms with Crippen molar-refractivity contribution in [2.45, 2.75) is 44.4 Å². The zero-order chi connectivity index (χ0) is 14.1. The Morgan fingerprint density at radius 3 is 2.39 bits per heavy atom. The average Bonchev–Trinajstić information content (AvgIpc) is 2.51. The van der Waals surface area contributed by atoms with Gasteiger partial charge in [0, 0.05) is 6.04 Å². The Kier molecular flexibility index (Phi) is 5.90. The van der Waals surface area contributed by atoms with Crippen molar-refractivity contribution >= 4 is 28.6 Å². The van der Waals surface area contributed by atoms with E-state index in [1.54, 1.807) is 11.9 Å². The molecule has 1 fully saturated rings. The van der Waals surface area contributed by atoms with Crippen LogP contribution in [0.3, 0.4) is 0 Å². The van der Waals surface area contributed by atoms with Crippen LogP contribution in [0, 0.1) is 0 Å². The molecule has 0 amide bonds. The van der Waals surface area contributed by atoms with E-state index in [0.717, 1.165) is 0 Å². The third-order valence-corrected chi connectivity index (χ3v) is 3.98. The monoisotopic (exact) mass is 321 g/mol. The number of hydrogen-bond acceptors (Lipinski definition) is 6. The summed E-state index contributed by atoms with van der Waals surface area (Å²) in [5.41, 5.74) is 0. The van der Waals surface area contributed by atoms with Crippen molar-refractivity contribution in [3.8, 4) is 0 Å². The highest BCUT2D eigenvalue weighted by Crippen LogP contribution is 2.57. The molecule has 0 saturated carbocycles. The molecule has 4 unspecified atom stereocenters. The lowest BCUT2D eigenvalue weighted by Gasteiger charge is -2.29. The number of hydrogen-bond donors (Lipinski definition) is 2. The van der Waals surface area contributed by atoms with Crippen LogP contribution in [0.5, 0.6) is 0 Å². The summed E-state index contributed by atoms with van der Waals surface area (Å²) in [6.45, 7) is 3.61. The number of ether oxygens (including phenoxy) is 1. The second-order valence-corrected chi connectivity index (χ2v) is 8.79. The molecule has 1 aliphatic heterocycles. The molecule has 0 aliphatic carbocycles. The summed E-state index contributed by atoms with van der Waals surface area (Å²) in [5.74, 6) is 0. The molecule has 9 heteroatoms. The second kappa shape index (κ2) is 6.37. The molecule has 18 heavy (non-hydrogen) atoms. The van der Waals surface area contributed by atoms with Crippen molar-refractivity contribution in [2.24, 2.45) is 0 Å². The molecule has 0 aromatic heterocycles. The molecule has 0 radical (unpaired) electrons. The summed E-state index contributed by atoms with van der Waals surface area (Å²) < 4.78 is 21.1. The highest BCUT2D eigenvalue weighted by molar-refractivity contribution is 8.05. The summed E-state index contributed by atoms with van der Waals surface area (Å²) in [5, 5.41) is 19.7. The summed E-state index contributed by atoms with van der Waals surface area (Å²) >= 11 is 10.5. The number of rotatable bonds is 5. The van der Waals surface area contributed by atoms with Gasteiger partial charge in [0.05, 0.1) is 6.61 Å². The van der Waals surface area contributed by atoms with Crippen LogP contribution in [-0.2, 0) is 13.8 Å². The molecule has 108 valence electrons. The first-order chi connectivity index (χ1) is 8.13. The van der Waals surface area contributed by atoms with Gasteiger partial charge in [-0.15, -0.1) is 0 Å². The Labute approximate surface area is 116 Å². The number of aliphatic hydroxyl groups is 2. The zero-order valence-corrected chi connectivity index (χ0v) is 12.8. The molecule has 1 heterocycles. The van der Waals surface area contributed by atoms with E-state index in [4.69, 9.17) is 31.7 Å². The third-order valence-electron chi connectivity index (χ3n) is 2.94. The lowest BCUT2D eigenvalue weighted by atomic mass is 10.1. The lowest BCUT2D eigenvalue weighted by molar-refractivity contribution is -0.0955. The molecule has 1 saturated heterocycles. The first-order valence-electron chi connectivity index (χ1n) is 5.51. The number of aliphatic hydroxyl groups excluding tert-OH is 2. The molecular formula is C9H18Cl2NO5P. The predicted molar refractivity (Wildman–Crippen MR) is 68.8 cm³/mol. The Morgan fingerprint density at radius 2 is 1.94 bits per heavy atom. The molecule has 0 bridgehead atoms. The molecule has 6 nitrogen and oxygen atoms in total. The van der Waals surface area contributed by atoms with Gasteiger partial charge in [0.1, 0.15) is 24.5 Å². The Balaban J connectivity index is 2.61. The fourth-order valence-corrected chi connectivity index (χ4v) is 2.32. The van der Waals surface area contributed by atoms with E-state index in [2.05, 4.69) is 0 Å². The molecule has 1 aliphatic rings. The van der Waals surface area contributed by atoms with E-state index < -0.39 is 30.6 Å². The van der Waals surface area contributed by atoms with Crippen LogP contribution < -0.4 is 0 Å². The van der Waals surface area contributed by atoms with Crippen molar-refractivity contribution in [3.05, 3.63) is 0 Å². The van der Waals surface area contributed by atoms with Gasteiger partial charge in [0.15, 0.2) is 0 Å². The molecule has 4 atom stereocenters. The SMILES string of the molecule is CC(C)N(C)C1OC(COP(=O)(Cl)Cl)C(O)C1O. The van der Waals surface area contributed by atoms with Crippen LogP contribution in [0.1, 0.15) is 13.8 Å². The van der Waals surface area contributed by atoms with Crippen molar-refractivity contribution in [3.63, 3.8) is 0 Å². The van der Waals surface area contributed by atoms with Crippen LogP contribution in [0.15, 0.2) is 0 Å². The van der Waals surface area contributed by atoms with Crippen LogP contribution in [0.25, 0.3) is 0 Å². The quantitative estimate of drug-likeness (QED) is 0.745. The van der Waals surface area contributed by atoms with Crippen molar-refractivity contribution in [1.82, 2.24) is 4.90 Å².